The third-order valence-corrected chi connectivity index (χ3v) is 1.67. The van der Waals surface area contributed by atoms with E-state index in [0.29, 0.717) is 0 Å². The standard InChI is InChI=1S/C9H11N3O3/c10-9(14)6-3-1-2-4-7(6)15-5-8(13)12-11/h1-4H,5,11H2,(H2,10,14)(H,12,13). The number of benzene rings is 1. The number of hydrogen-bond donors (Lipinski definition) is 3. The first-order valence-corrected chi connectivity index (χ1v) is 4.16. The van der Waals surface area contributed by atoms with E-state index < -0.39 is 11.8 Å². The van der Waals surface area contributed by atoms with E-state index in [1.54, 1.807) is 18.2 Å². The second-order valence-electron chi connectivity index (χ2n) is 2.72. The van der Waals surface area contributed by atoms with E-state index in [0.717, 1.165) is 0 Å². The van der Waals surface area contributed by atoms with Crippen molar-refractivity contribution in [2.75, 3.05) is 6.61 Å². The Hall–Kier alpha value is -2.08. The monoisotopic (exact) mass is 209 g/mol. The van der Waals surface area contributed by atoms with Crippen LogP contribution < -0.4 is 21.7 Å². The highest BCUT2D eigenvalue weighted by atomic mass is 16.5. The van der Waals surface area contributed by atoms with Crippen molar-refractivity contribution in [3.05, 3.63) is 29.8 Å². The van der Waals surface area contributed by atoms with Crippen LogP contribution in [0.5, 0.6) is 5.75 Å². The molecule has 0 saturated heterocycles. The summed E-state index contributed by atoms with van der Waals surface area (Å²) in [6.45, 7) is -0.263. The van der Waals surface area contributed by atoms with Gasteiger partial charge in [-0.2, -0.15) is 0 Å². The molecule has 0 fully saturated rings. The first-order valence-electron chi connectivity index (χ1n) is 4.16. The van der Waals surface area contributed by atoms with E-state index in [-0.39, 0.29) is 17.9 Å². The number of hydrogen-bond acceptors (Lipinski definition) is 4. The number of carbonyl (C=O) groups is 2. The average molecular weight is 209 g/mol. The van der Waals surface area contributed by atoms with Crippen LogP contribution in [0.25, 0.3) is 0 Å². The lowest BCUT2D eigenvalue weighted by Crippen LogP contribution is -2.34. The molecule has 2 amide bonds. The van der Waals surface area contributed by atoms with Crippen molar-refractivity contribution in [3.8, 4) is 5.75 Å². The fourth-order valence-corrected chi connectivity index (χ4v) is 0.981. The molecule has 15 heavy (non-hydrogen) atoms. The molecule has 80 valence electrons. The Morgan fingerprint density at radius 2 is 2.00 bits per heavy atom. The fraction of sp³-hybridized carbons (Fsp3) is 0.111. The molecule has 5 N–H and O–H groups in total. The van der Waals surface area contributed by atoms with Gasteiger partial charge >= 0.3 is 0 Å². The summed E-state index contributed by atoms with van der Waals surface area (Å²) in [7, 11) is 0. The van der Waals surface area contributed by atoms with Gasteiger partial charge in [0.2, 0.25) is 0 Å². The minimum absolute atomic E-state index is 0.224. The number of para-hydroxylation sites is 1. The molecular formula is C9H11N3O3. The van der Waals surface area contributed by atoms with Crippen molar-refractivity contribution < 1.29 is 14.3 Å². The van der Waals surface area contributed by atoms with Gasteiger partial charge in [-0.25, -0.2) is 5.84 Å². The van der Waals surface area contributed by atoms with Crippen LogP contribution in [0.1, 0.15) is 10.4 Å². The largest absolute Gasteiger partial charge is 0.483 e. The zero-order valence-corrected chi connectivity index (χ0v) is 7.90. The van der Waals surface area contributed by atoms with Crippen LogP contribution in [-0.4, -0.2) is 18.4 Å². The third kappa shape index (κ3) is 2.96. The first kappa shape index (κ1) is 11.0. The molecule has 6 nitrogen and oxygen atoms in total. The van der Waals surface area contributed by atoms with Crippen LogP contribution in [0, 0.1) is 0 Å². The maximum atomic E-state index is 11.0. The van der Waals surface area contributed by atoms with Gasteiger partial charge in [-0.15, -0.1) is 0 Å². The number of ether oxygens (including phenoxy) is 1. The number of nitrogens with one attached hydrogen (secondary N) is 1. The molecule has 0 spiro atoms. The number of amides is 2. The number of hydrazine groups is 1. The van der Waals surface area contributed by atoms with Crippen molar-refractivity contribution in [1.82, 2.24) is 5.43 Å². The Bertz CT molecular complexity index is 379. The van der Waals surface area contributed by atoms with Gasteiger partial charge in [0, 0.05) is 0 Å². The van der Waals surface area contributed by atoms with Crippen molar-refractivity contribution in [2.24, 2.45) is 11.6 Å². The predicted molar refractivity (Wildman–Crippen MR) is 52.8 cm³/mol. The molecule has 0 aliphatic carbocycles. The molecule has 1 rings (SSSR count). The second kappa shape index (κ2) is 4.97. The molecule has 0 bridgehead atoms. The summed E-state index contributed by atoms with van der Waals surface area (Å²) in [4.78, 5) is 21.7. The molecule has 0 radical (unpaired) electrons. The maximum absolute atomic E-state index is 11.0. The Morgan fingerprint density at radius 1 is 1.33 bits per heavy atom. The molecule has 0 atom stereocenters. The van der Waals surface area contributed by atoms with Crippen molar-refractivity contribution >= 4 is 11.8 Å². The normalized spacial score (nSPS) is 9.40. The molecular weight excluding hydrogens is 198 g/mol. The highest BCUT2D eigenvalue weighted by Gasteiger charge is 2.09. The second-order valence-corrected chi connectivity index (χ2v) is 2.72. The SMILES string of the molecule is NNC(=O)COc1ccccc1C(N)=O. The lowest BCUT2D eigenvalue weighted by molar-refractivity contribution is -0.123. The van der Waals surface area contributed by atoms with E-state index in [1.165, 1.54) is 6.07 Å². The van der Waals surface area contributed by atoms with Crippen molar-refractivity contribution in [1.29, 1.82) is 0 Å². The molecule has 0 heterocycles. The number of nitrogens with two attached hydrogens (primary N) is 2. The van der Waals surface area contributed by atoms with Gasteiger partial charge in [0.15, 0.2) is 6.61 Å². The van der Waals surface area contributed by atoms with Gasteiger partial charge < -0.3 is 10.5 Å². The molecule has 0 aliphatic heterocycles. The number of carbonyl (C=O) groups excluding carboxylic acids is 2. The van der Waals surface area contributed by atoms with Crippen LogP contribution in [0.2, 0.25) is 0 Å². The summed E-state index contributed by atoms with van der Waals surface area (Å²) in [6.07, 6.45) is 0. The van der Waals surface area contributed by atoms with Crippen LogP contribution in [0.15, 0.2) is 24.3 Å². The summed E-state index contributed by atoms with van der Waals surface area (Å²) < 4.78 is 5.06. The Morgan fingerprint density at radius 3 is 2.60 bits per heavy atom. The summed E-state index contributed by atoms with van der Waals surface area (Å²) >= 11 is 0. The first-order chi connectivity index (χ1) is 7.15. The van der Waals surface area contributed by atoms with Gasteiger partial charge in [0.05, 0.1) is 5.56 Å². The average Bonchev–Trinajstić information content (AvgIpc) is 2.26. The van der Waals surface area contributed by atoms with E-state index >= 15 is 0 Å². The molecule has 0 unspecified atom stereocenters. The minimum atomic E-state index is -0.612. The Balaban J connectivity index is 2.76. The van der Waals surface area contributed by atoms with E-state index in [2.05, 4.69) is 0 Å². The van der Waals surface area contributed by atoms with Crippen molar-refractivity contribution in [3.63, 3.8) is 0 Å². The van der Waals surface area contributed by atoms with E-state index in [9.17, 15) is 9.59 Å². The lowest BCUT2D eigenvalue weighted by atomic mass is 10.2. The summed E-state index contributed by atoms with van der Waals surface area (Å²) in [6, 6.07) is 6.37. The van der Waals surface area contributed by atoms with E-state index in [4.69, 9.17) is 16.3 Å². The Kier molecular flexibility index (Phi) is 3.64. The molecule has 6 heteroatoms. The lowest BCUT2D eigenvalue weighted by Gasteiger charge is -2.07. The van der Waals surface area contributed by atoms with Gasteiger partial charge in [0.1, 0.15) is 5.75 Å². The molecule has 0 aromatic heterocycles. The van der Waals surface area contributed by atoms with Crippen LogP contribution in [-0.2, 0) is 4.79 Å². The van der Waals surface area contributed by atoms with Gasteiger partial charge in [-0.1, -0.05) is 12.1 Å². The minimum Gasteiger partial charge on any atom is -0.483 e. The van der Waals surface area contributed by atoms with Crippen LogP contribution >= 0.6 is 0 Å². The highest BCUT2D eigenvalue weighted by molar-refractivity contribution is 5.95. The van der Waals surface area contributed by atoms with Gasteiger partial charge in [-0.05, 0) is 12.1 Å². The number of primary amides is 1. The zero-order valence-electron chi connectivity index (χ0n) is 7.90. The summed E-state index contributed by atoms with van der Waals surface area (Å²) in [5.41, 5.74) is 7.24. The van der Waals surface area contributed by atoms with Crippen LogP contribution in [0.4, 0.5) is 0 Å². The van der Waals surface area contributed by atoms with Gasteiger partial charge in [0.25, 0.3) is 11.8 Å². The molecule has 0 saturated carbocycles. The van der Waals surface area contributed by atoms with Crippen LogP contribution in [0.3, 0.4) is 0 Å². The molecule has 1 aromatic carbocycles. The zero-order chi connectivity index (χ0) is 11.3. The summed E-state index contributed by atoms with van der Waals surface area (Å²) in [5, 5.41) is 0. The molecule has 0 aliphatic rings. The summed E-state index contributed by atoms with van der Waals surface area (Å²) in [5.74, 6) is 4.02. The van der Waals surface area contributed by atoms with E-state index in [1.807, 2.05) is 5.43 Å². The highest BCUT2D eigenvalue weighted by Crippen LogP contribution is 2.16. The smallest absolute Gasteiger partial charge is 0.271 e. The molecule has 1 aromatic rings. The number of rotatable bonds is 4. The maximum Gasteiger partial charge on any atom is 0.271 e. The topological polar surface area (TPSA) is 107 Å². The Labute approximate surface area is 86.2 Å². The predicted octanol–water partition coefficient (Wildman–Crippen LogP) is -0.846. The van der Waals surface area contributed by atoms with Crippen molar-refractivity contribution in [2.45, 2.75) is 0 Å². The fourth-order valence-electron chi connectivity index (χ4n) is 0.981. The quantitative estimate of drug-likeness (QED) is 0.341. The third-order valence-electron chi connectivity index (χ3n) is 1.67. The van der Waals surface area contributed by atoms with Gasteiger partial charge in [-0.3, -0.25) is 15.0 Å².